The Balaban J connectivity index is 2.12. The smallest absolute Gasteiger partial charge is 0.0702 e. The van der Waals surface area contributed by atoms with Crippen LogP contribution in [-0.4, -0.2) is 31.1 Å². The molecule has 0 bridgehead atoms. The molecule has 0 unspecified atom stereocenters. The van der Waals surface area contributed by atoms with E-state index in [-0.39, 0.29) is 5.54 Å². The zero-order valence-corrected chi connectivity index (χ0v) is 13.1. The minimum atomic E-state index is -0.193. The molecule has 3 heteroatoms. The zero-order valence-electron chi connectivity index (χ0n) is 12.3. The van der Waals surface area contributed by atoms with E-state index in [9.17, 15) is 0 Å². The molecule has 0 spiro atoms. The van der Waals surface area contributed by atoms with Gasteiger partial charge in [-0.25, -0.2) is 0 Å². The Kier molecular flexibility index (Phi) is 4.29. The lowest BCUT2D eigenvalue weighted by atomic mass is 9.82. The lowest BCUT2D eigenvalue weighted by molar-refractivity contribution is 0.120. The van der Waals surface area contributed by atoms with Gasteiger partial charge in [-0.3, -0.25) is 4.90 Å². The number of piperazine rings is 1. The van der Waals surface area contributed by atoms with Crippen molar-refractivity contribution in [3.8, 4) is 0 Å². The monoisotopic (exact) mass is 300 g/mol. The Bertz CT molecular complexity index is 593. The summed E-state index contributed by atoms with van der Waals surface area (Å²) in [4.78, 5) is 2.53. The van der Waals surface area contributed by atoms with Crippen molar-refractivity contribution in [3.63, 3.8) is 0 Å². The van der Waals surface area contributed by atoms with Gasteiger partial charge in [0.2, 0.25) is 0 Å². The van der Waals surface area contributed by atoms with E-state index >= 15 is 0 Å². The quantitative estimate of drug-likeness (QED) is 0.933. The first-order valence-corrected chi connectivity index (χ1v) is 7.87. The van der Waals surface area contributed by atoms with Crippen LogP contribution in [0.1, 0.15) is 18.1 Å². The number of benzene rings is 2. The van der Waals surface area contributed by atoms with Crippen LogP contribution in [0.3, 0.4) is 0 Å². The van der Waals surface area contributed by atoms with Crippen molar-refractivity contribution in [2.45, 2.75) is 12.5 Å². The summed E-state index contributed by atoms with van der Waals surface area (Å²) < 4.78 is 0. The molecule has 0 radical (unpaired) electrons. The summed E-state index contributed by atoms with van der Waals surface area (Å²) in [5, 5.41) is 4.27. The number of nitrogens with zero attached hydrogens (tertiary/aromatic N) is 1. The Morgan fingerprint density at radius 2 is 1.57 bits per heavy atom. The molecule has 0 aromatic heterocycles. The molecule has 2 aromatic carbocycles. The van der Waals surface area contributed by atoms with Crippen molar-refractivity contribution >= 4 is 11.6 Å². The Morgan fingerprint density at radius 3 is 2.24 bits per heavy atom. The molecule has 2 nitrogen and oxygen atoms in total. The maximum Gasteiger partial charge on any atom is 0.0702 e. The normalized spacial score (nSPS) is 19.1. The minimum absolute atomic E-state index is 0.193. The molecule has 2 aromatic rings. The van der Waals surface area contributed by atoms with Gasteiger partial charge in [0, 0.05) is 31.2 Å². The van der Waals surface area contributed by atoms with Crippen LogP contribution in [-0.2, 0) is 5.54 Å². The molecule has 21 heavy (non-hydrogen) atoms. The minimum Gasteiger partial charge on any atom is -0.314 e. The van der Waals surface area contributed by atoms with E-state index in [0.29, 0.717) is 0 Å². The van der Waals surface area contributed by atoms with E-state index in [1.54, 1.807) is 0 Å². The fourth-order valence-electron chi connectivity index (χ4n) is 3.24. The van der Waals surface area contributed by atoms with Gasteiger partial charge in [-0.1, -0.05) is 60.1 Å². The molecule has 0 saturated carbocycles. The largest absolute Gasteiger partial charge is 0.314 e. The van der Waals surface area contributed by atoms with Crippen molar-refractivity contribution in [1.82, 2.24) is 10.2 Å². The second kappa shape index (κ2) is 6.18. The highest BCUT2D eigenvalue weighted by atomic mass is 35.5. The fourth-order valence-corrected chi connectivity index (χ4v) is 3.56. The first-order chi connectivity index (χ1) is 10.2. The highest BCUT2D eigenvalue weighted by Gasteiger charge is 2.37. The van der Waals surface area contributed by atoms with Gasteiger partial charge in [-0.05, 0) is 24.1 Å². The number of nitrogens with one attached hydrogen (secondary N) is 1. The predicted molar refractivity (Wildman–Crippen MR) is 88.8 cm³/mol. The van der Waals surface area contributed by atoms with Gasteiger partial charge < -0.3 is 5.32 Å². The van der Waals surface area contributed by atoms with Crippen molar-refractivity contribution in [3.05, 3.63) is 70.7 Å². The molecular weight excluding hydrogens is 280 g/mol. The van der Waals surface area contributed by atoms with Gasteiger partial charge in [0.15, 0.2) is 0 Å². The van der Waals surface area contributed by atoms with Crippen LogP contribution >= 0.6 is 11.6 Å². The molecule has 1 aliphatic rings. The second-order valence-electron chi connectivity index (χ2n) is 5.66. The third-order valence-corrected chi connectivity index (χ3v) is 4.81. The SMILES string of the molecule is C[C@](c1ccccc1)(c1ccccc1Cl)N1CCNCC1. The van der Waals surface area contributed by atoms with Gasteiger partial charge in [0.1, 0.15) is 0 Å². The van der Waals surface area contributed by atoms with Crippen LogP contribution in [0.2, 0.25) is 5.02 Å². The zero-order chi connectivity index (χ0) is 14.7. The second-order valence-corrected chi connectivity index (χ2v) is 6.06. The van der Waals surface area contributed by atoms with Gasteiger partial charge in [-0.15, -0.1) is 0 Å². The van der Waals surface area contributed by atoms with Crippen LogP contribution < -0.4 is 5.32 Å². The maximum atomic E-state index is 6.54. The number of halogens is 1. The topological polar surface area (TPSA) is 15.3 Å². The average molecular weight is 301 g/mol. The summed E-state index contributed by atoms with van der Waals surface area (Å²) in [6, 6.07) is 18.9. The summed E-state index contributed by atoms with van der Waals surface area (Å²) in [7, 11) is 0. The highest BCUT2D eigenvalue weighted by Crippen LogP contribution is 2.39. The van der Waals surface area contributed by atoms with Crippen molar-refractivity contribution in [2.24, 2.45) is 0 Å². The Hall–Kier alpha value is -1.35. The Morgan fingerprint density at radius 1 is 0.952 bits per heavy atom. The molecule has 1 saturated heterocycles. The van der Waals surface area contributed by atoms with Gasteiger partial charge >= 0.3 is 0 Å². The third kappa shape index (κ3) is 2.71. The van der Waals surface area contributed by atoms with Crippen LogP contribution in [0.5, 0.6) is 0 Å². The standard InChI is InChI=1S/C18H21ClN2/c1-18(15-7-3-2-4-8-15,21-13-11-20-12-14-21)16-9-5-6-10-17(16)19/h2-10,20H,11-14H2,1H3/t18-/m0/s1. The molecule has 1 fully saturated rings. The van der Waals surface area contributed by atoms with Crippen molar-refractivity contribution < 1.29 is 0 Å². The first-order valence-electron chi connectivity index (χ1n) is 7.49. The number of hydrogen-bond donors (Lipinski definition) is 1. The molecule has 3 rings (SSSR count). The van der Waals surface area contributed by atoms with E-state index in [1.807, 2.05) is 12.1 Å². The first kappa shape index (κ1) is 14.6. The lowest BCUT2D eigenvalue weighted by Crippen LogP contribution is -2.53. The van der Waals surface area contributed by atoms with Crippen molar-refractivity contribution in [2.75, 3.05) is 26.2 Å². The molecule has 0 amide bonds. The molecule has 1 heterocycles. The van der Waals surface area contributed by atoms with E-state index in [4.69, 9.17) is 11.6 Å². The maximum absolute atomic E-state index is 6.54. The molecule has 1 aliphatic heterocycles. The van der Waals surface area contributed by atoms with Gasteiger partial charge in [0.05, 0.1) is 5.54 Å². The van der Waals surface area contributed by atoms with Crippen LogP contribution in [0.4, 0.5) is 0 Å². The summed E-state index contributed by atoms with van der Waals surface area (Å²) in [5.74, 6) is 0. The summed E-state index contributed by atoms with van der Waals surface area (Å²) in [6.45, 7) is 6.38. The summed E-state index contributed by atoms with van der Waals surface area (Å²) >= 11 is 6.54. The number of hydrogen-bond acceptors (Lipinski definition) is 2. The van der Waals surface area contributed by atoms with Crippen LogP contribution in [0, 0.1) is 0 Å². The predicted octanol–water partition coefficient (Wildman–Crippen LogP) is 3.51. The Labute approximate surface area is 131 Å². The average Bonchev–Trinajstić information content (AvgIpc) is 2.56. The summed E-state index contributed by atoms with van der Waals surface area (Å²) in [6.07, 6.45) is 0. The fraction of sp³-hybridized carbons (Fsp3) is 0.333. The van der Waals surface area contributed by atoms with Crippen molar-refractivity contribution in [1.29, 1.82) is 0 Å². The van der Waals surface area contributed by atoms with Crippen LogP contribution in [0.25, 0.3) is 0 Å². The highest BCUT2D eigenvalue weighted by molar-refractivity contribution is 6.31. The molecule has 1 atom stereocenters. The van der Waals surface area contributed by atoms with Gasteiger partial charge in [0.25, 0.3) is 0 Å². The van der Waals surface area contributed by atoms with E-state index in [1.165, 1.54) is 11.1 Å². The van der Waals surface area contributed by atoms with E-state index in [2.05, 4.69) is 59.6 Å². The van der Waals surface area contributed by atoms with E-state index in [0.717, 1.165) is 31.2 Å². The van der Waals surface area contributed by atoms with Gasteiger partial charge in [-0.2, -0.15) is 0 Å². The summed E-state index contributed by atoms with van der Waals surface area (Å²) in [5.41, 5.74) is 2.28. The molecular formula is C18H21ClN2. The molecule has 0 aliphatic carbocycles. The lowest BCUT2D eigenvalue weighted by Gasteiger charge is -2.45. The number of rotatable bonds is 3. The van der Waals surface area contributed by atoms with Crippen LogP contribution in [0.15, 0.2) is 54.6 Å². The molecule has 110 valence electrons. The third-order valence-electron chi connectivity index (χ3n) is 4.48. The van der Waals surface area contributed by atoms with E-state index < -0.39 is 0 Å². The molecule has 1 N–H and O–H groups in total.